The number of aromatic nitrogens is 14. The fourth-order valence-corrected chi connectivity index (χ4v) is 6.19. The standard InChI is InChI=1S/C16H15N5O.C15H12N8O.C15H15N7.C3H8.C2H3N.3C2H6.2CH4.H4N2/c1-22-11-5-10-21(13-6-3-2-4-7-13)16-19-12-14-15(20-16)18-9-8-17-14;16-14-22-21-12(24-14)9-23(10-4-2-1-3-5-10)15-19-8-11-13(20-15)18-7-6-17-11;16-20-7-4-10-22(12-5-2-1-3-6-12)15-19-11-13-14(21-15)18-9-8-17-13;1-3-2;1-2-3;3*1-2;;;1-2/h2-9,11-12H,10H2,1H3;1-8H,9H2,(H2,16,22);1-9,11,20H,10,16H2;3H2,1-2H3;1H3;3*1-2H3;2*1H4;1-2H2/i9D;7D;9D;;;;;;;;. The normalized spacial score (nSPS) is 9.93. The van der Waals surface area contributed by atoms with Crippen LogP contribution in [0.2, 0.25) is 0 Å². The SMILES string of the molecule is C.C.CC.CC.CC.CC#N.CCC.NN.[2H]c1cnc2cnc(N(CC=CNN)c3ccccc3)nc2n1.[2H]c1cnc2cnc(N(CC=COC)c3ccccc3)nc2n1.[2H]c1cnc2cnc(N(Cc3nnc(N)o3)c3ccccc3)nc2n1. The Hall–Kier alpha value is -10.3. The van der Waals surface area contributed by atoms with Gasteiger partial charge in [-0.3, -0.25) is 17.5 Å². The number of benzene rings is 3. The molecule has 7 aromatic heterocycles. The molecule has 10 aromatic rings. The quantitative estimate of drug-likeness (QED) is 0.0383. The van der Waals surface area contributed by atoms with Gasteiger partial charge in [0.15, 0.2) is 16.9 Å². The lowest BCUT2D eigenvalue weighted by molar-refractivity contribution is 0.337. The number of para-hydroxylation sites is 3. The van der Waals surface area contributed by atoms with E-state index in [9.17, 15) is 0 Å². The van der Waals surface area contributed by atoms with E-state index in [-0.39, 0.29) is 45.9 Å². The topological polar surface area (TPSA) is 352 Å². The fourth-order valence-electron chi connectivity index (χ4n) is 6.19. The highest BCUT2D eigenvalue weighted by Gasteiger charge is 2.18. The number of anilines is 7. The molecule has 7 heterocycles. The summed E-state index contributed by atoms with van der Waals surface area (Å²) in [4.78, 5) is 56.5. The first-order valence-corrected chi connectivity index (χ1v) is 26.0. The molecule has 0 saturated heterocycles. The van der Waals surface area contributed by atoms with Crippen molar-refractivity contribution in [1.82, 2.24) is 75.4 Å². The summed E-state index contributed by atoms with van der Waals surface area (Å²) in [6.45, 7) is 19.0. The van der Waals surface area contributed by atoms with Gasteiger partial charge in [0.2, 0.25) is 23.7 Å². The Kier molecular flexibility index (Phi) is 36.8. The molecule has 84 heavy (non-hydrogen) atoms. The monoisotopic (exact) mass is 1150 g/mol. The number of ether oxygens (including phenoxy) is 1. The molecule has 10 rings (SSSR count). The van der Waals surface area contributed by atoms with E-state index in [1.165, 1.54) is 31.9 Å². The molecular formula is C59H83N23O2. The molecule has 3 aromatic carbocycles. The molecule has 0 fully saturated rings. The Bertz CT molecular complexity index is 3370. The largest absolute Gasteiger partial charge is 0.505 e. The molecule has 0 spiro atoms. The highest BCUT2D eigenvalue weighted by atomic mass is 16.5. The van der Waals surface area contributed by atoms with E-state index in [0.29, 0.717) is 70.3 Å². The van der Waals surface area contributed by atoms with Gasteiger partial charge in [0.25, 0.3) is 0 Å². The van der Waals surface area contributed by atoms with Crippen molar-refractivity contribution < 1.29 is 13.3 Å². The predicted molar refractivity (Wildman–Crippen MR) is 339 cm³/mol. The summed E-state index contributed by atoms with van der Waals surface area (Å²) in [5, 5.41) is 14.9. The third-order valence-electron chi connectivity index (χ3n) is 9.23. The highest BCUT2D eigenvalue weighted by molar-refractivity contribution is 5.73. The van der Waals surface area contributed by atoms with Crippen LogP contribution in [0, 0.1) is 11.3 Å². The van der Waals surface area contributed by atoms with Crippen molar-refractivity contribution >= 4 is 74.4 Å². The lowest BCUT2D eigenvalue weighted by Gasteiger charge is -2.21. The van der Waals surface area contributed by atoms with Gasteiger partial charge in [-0.1, -0.05) is 136 Å². The Morgan fingerprint density at radius 1 is 0.583 bits per heavy atom. The number of hydrogen-bond donors (Lipinski definition) is 5. The Morgan fingerprint density at radius 3 is 1.26 bits per heavy atom. The molecule has 0 aliphatic carbocycles. The zero-order valence-corrected chi connectivity index (χ0v) is 47.9. The van der Waals surface area contributed by atoms with Gasteiger partial charge in [-0.2, -0.15) is 20.2 Å². The number of nitriles is 1. The zero-order valence-electron chi connectivity index (χ0n) is 50.9. The molecule has 9 N–H and O–H groups in total. The third-order valence-corrected chi connectivity index (χ3v) is 9.23. The number of nitrogens with one attached hydrogen (secondary N) is 1. The predicted octanol–water partition coefficient (Wildman–Crippen LogP) is 11.1. The number of nitrogen functional groups attached to an aromatic ring is 1. The van der Waals surface area contributed by atoms with Crippen LogP contribution in [0.4, 0.5) is 40.9 Å². The van der Waals surface area contributed by atoms with E-state index < -0.39 is 0 Å². The maximum absolute atomic E-state index is 7.61. The summed E-state index contributed by atoms with van der Waals surface area (Å²) < 4.78 is 33.0. The second-order valence-corrected chi connectivity index (χ2v) is 14.6. The van der Waals surface area contributed by atoms with Crippen LogP contribution in [-0.2, 0) is 11.3 Å². The number of methoxy groups -OCH3 is 1. The molecule has 0 amide bonds. The molecule has 0 radical (unpaired) electrons. The minimum absolute atomic E-state index is 0. The van der Waals surface area contributed by atoms with E-state index in [2.05, 4.69) is 101 Å². The minimum Gasteiger partial charge on any atom is -0.505 e. The average Bonchev–Trinajstić information content (AvgIpc) is 2.21. The van der Waals surface area contributed by atoms with Gasteiger partial charge in [-0.25, -0.2) is 44.9 Å². The van der Waals surface area contributed by atoms with Crippen molar-refractivity contribution in [3.63, 3.8) is 0 Å². The second-order valence-electron chi connectivity index (χ2n) is 14.6. The van der Waals surface area contributed by atoms with Gasteiger partial charge in [-0.15, -0.1) is 5.10 Å². The number of fused-ring (bicyclic) bond motifs is 3. The van der Waals surface area contributed by atoms with Crippen LogP contribution in [-0.4, -0.2) is 90.2 Å². The van der Waals surface area contributed by atoms with Crippen LogP contribution in [0.5, 0.6) is 0 Å². The summed E-state index contributed by atoms with van der Waals surface area (Å²) in [6.07, 6.45) is 17.3. The van der Waals surface area contributed by atoms with E-state index in [1.54, 1.807) is 49.1 Å². The first-order valence-electron chi connectivity index (χ1n) is 27.5. The Morgan fingerprint density at radius 2 is 0.929 bits per heavy atom. The minimum atomic E-state index is -0.00726. The van der Waals surface area contributed by atoms with Gasteiger partial charge in [0, 0.05) is 80.4 Å². The van der Waals surface area contributed by atoms with Gasteiger partial charge >= 0.3 is 6.01 Å². The highest BCUT2D eigenvalue weighted by Crippen LogP contribution is 2.26. The van der Waals surface area contributed by atoms with E-state index in [1.807, 2.05) is 154 Å². The van der Waals surface area contributed by atoms with Crippen molar-refractivity contribution in [3.8, 4) is 6.07 Å². The number of hydrogen-bond acceptors (Lipinski definition) is 25. The summed E-state index contributed by atoms with van der Waals surface area (Å²) in [5.74, 6) is 14.9. The van der Waals surface area contributed by atoms with Crippen molar-refractivity contribution in [2.24, 2.45) is 17.5 Å². The van der Waals surface area contributed by atoms with Crippen LogP contribution in [0.15, 0.2) is 176 Å². The molecule has 25 nitrogen and oxygen atoms in total. The molecule has 0 saturated carbocycles. The van der Waals surface area contributed by atoms with Gasteiger partial charge in [0.1, 0.15) is 23.1 Å². The lowest BCUT2D eigenvalue weighted by atomic mass is 10.3. The van der Waals surface area contributed by atoms with Gasteiger partial charge in [0.05, 0.1) is 42.1 Å². The lowest BCUT2D eigenvalue weighted by Crippen LogP contribution is -2.21. The molecule has 0 unspecified atom stereocenters. The molecule has 0 aliphatic heterocycles. The van der Waals surface area contributed by atoms with Crippen LogP contribution in [0.25, 0.3) is 33.5 Å². The summed E-state index contributed by atoms with van der Waals surface area (Å²) >= 11 is 0. The molecule has 446 valence electrons. The molecule has 0 atom stereocenters. The van der Waals surface area contributed by atoms with Crippen molar-refractivity contribution in [2.45, 2.75) is 90.1 Å². The fraction of sp³-hybridized carbons (Fsp3) is 0.271. The zero-order chi connectivity index (χ0) is 62.8. The van der Waals surface area contributed by atoms with Gasteiger partial charge in [-0.05, 0) is 48.6 Å². The number of rotatable bonds is 14. The van der Waals surface area contributed by atoms with E-state index >= 15 is 0 Å². The van der Waals surface area contributed by atoms with E-state index in [4.69, 9.17) is 30.1 Å². The molecule has 0 aliphatic rings. The molecule has 0 bridgehead atoms. The number of hydrazine groups is 2. The van der Waals surface area contributed by atoms with Crippen LogP contribution in [0.3, 0.4) is 0 Å². The maximum atomic E-state index is 7.61. The van der Waals surface area contributed by atoms with Crippen LogP contribution >= 0.6 is 0 Å². The first-order chi connectivity index (χ1) is 41.6. The number of nitrogens with two attached hydrogens (primary N) is 4. The van der Waals surface area contributed by atoms with Crippen molar-refractivity contribution in [1.29, 1.82) is 5.26 Å². The molecule has 25 heteroatoms. The third kappa shape index (κ3) is 24.6. The average molecular weight is 1150 g/mol. The van der Waals surface area contributed by atoms with Crippen molar-refractivity contribution in [2.75, 3.05) is 40.6 Å². The first kappa shape index (κ1) is 68.0. The summed E-state index contributed by atoms with van der Waals surface area (Å²) in [5.41, 5.74) is 13.4. The second kappa shape index (κ2) is 45.4. The number of nitrogens with zero attached hydrogens (tertiary/aromatic N) is 18. The smallest absolute Gasteiger partial charge is 0.312 e. The van der Waals surface area contributed by atoms with Crippen molar-refractivity contribution in [3.05, 3.63) is 177 Å². The maximum Gasteiger partial charge on any atom is 0.312 e. The van der Waals surface area contributed by atoms with Gasteiger partial charge < -0.3 is 35.0 Å². The van der Waals surface area contributed by atoms with E-state index in [0.717, 1.165) is 17.1 Å². The van der Waals surface area contributed by atoms with Crippen LogP contribution < -0.4 is 43.4 Å². The van der Waals surface area contributed by atoms with Crippen LogP contribution in [0.1, 0.15) is 93.6 Å². The summed E-state index contributed by atoms with van der Waals surface area (Å²) in [6, 6.07) is 30.8. The summed E-state index contributed by atoms with van der Waals surface area (Å²) in [7, 11) is 1.60. The Balaban J connectivity index is 0.00000114. The molecular weight excluding hydrogens is 1060 g/mol. The Labute approximate surface area is 498 Å².